The van der Waals surface area contributed by atoms with Crippen molar-refractivity contribution in [3.05, 3.63) is 35.9 Å². The number of hydrogen-bond donors (Lipinski definition) is 1. The largest absolute Gasteiger partial charge is 0.373 e. The number of pyridine rings is 1. The van der Waals surface area contributed by atoms with Crippen molar-refractivity contribution >= 4 is 5.82 Å². The second-order valence-corrected chi connectivity index (χ2v) is 3.51. The van der Waals surface area contributed by atoms with Crippen molar-refractivity contribution < 1.29 is 0 Å². The van der Waals surface area contributed by atoms with Crippen LogP contribution < -0.4 is 5.32 Å². The number of hydrogen-bond acceptors (Lipinski definition) is 5. The van der Waals surface area contributed by atoms with Gasteiger partial charge in [0.05, 0.1) is 11.3 Å². The van der Waals surface area contributed by atoms with Crippen LogP contribution in [0.3, 0.4) is 0 Å². The molecule has 0 unspecified atom stereocenters. The first-order valence-corrected chi connectivity index (χ1v) is 5.12. The zero-order chi connectivity index (χ0) is 12.3. The summed E-state index contributed by atoms with van der Waals surface area (Å²) in [5.74, 6) is 1.42. The van der Waals surface area contributed by atoms with E-state index in [0.29, 0.717) is 11.4 Å². The highest BCUT2D eigenvalue weighted by atomic mass is 15.0. The van der Waals surface area contributed by atoms with Crippen molar-refractivity contribution in [1.82, 2.24) is 15.0 Å². The molecule has 0 saturated carbocycles. The highest BCUT2D eigenvalue weighted by molar-refractivity contribution is 5.63. The van der Waals surface area contributed by atoms with Crippen LogP contribution in [0.25, 0.3) is 11.3 Å². The van der Waals surface area contributed by atoms with E-state index in [1.807, 2.05) is 13.0 Å². The first kappa shape index (κ1) is 11.0. The Labute approximate surface area is 99.2 Å². The number of nitrogens with zero attached hydrogens (tertiary/aromatic N) is 4. The van der Waals surface area contributed by atoms with Crippen molar-refractivity contribution in [1.29, 1.82) is 5.26 Å². The molecular weight excluding hydrogens is 214 g/mol. The summed E-state index contributed by atoms with van der Waals surface area (Å²) in [6.45, 7) is 1.83. The Morgan fingerprint density at radius 2 is 2.06 bits per heavy atom. The van der Waals surface area contributed by atoms with Gasteiger partial charge in [-0.25, -0.2) is 9.97 Å². The predicted molar refractivity (Wildman–Crippen MR) is 64.3 cm³/mol. The second-order valence-electron chi connectivity index (χ2n) is 3.51. The van der Waals surface area contributed by atoms with E-state index in [1.165, 1.54) is 6.20 Å². The Bertz CT molecular complexity index is 586. The van der Waals surface area contributed by atoms with Gasteiger partial charge >= 0.3 is 0 Å². The van der Waals surface area contributed by atoms with Gasteiger partial charge in [-0.2, -0.15) is 5.26 Å². The molecule has 0 radical (unpaired) electrons. The molecule has 0 saturated heterocycles. The summed E-state index contributed by atoms with van der Waals surface area (Å²) in [5, 5.41) is 11.8. The molecule has 1 N–H and O–H groups in total. The highest BCUT2D eigenvalue weighted by Crippen LogP contribution is 2.19. The van der Waals surface area contributed by atoms with Crippen molar-refractivity contribution in [2.24, 2.45) is 0 Å². The molecule has 5 nitrogen and oxygen atoms in total. The number of anilines is 1. The lowest BCUT2D eigenvalue weighted by Gasteiger charge is -2.05. The maximum Gasteiger partial charge on any atom is 0.130 e. The molecule has 0 aliphatic carbocycles. The van der Waals surface area contributed by atoms with Gasteiger partial charge in [-0.3, -0.25) is 4.98 Å². The quantitative estimate of drug-likeness (QED) is 0.842. The summed E-state index contributed by atoms with van der Waals surface area (Å²) in [6.07, 6.45) is 3.21. The molecule has 0 atom stereocenters. The van der Waals surface area contributed by atoms with E-state index in [4.69, 9.17) is 5.26 Å². The van der Waals surface area contributed by atoms with Gasteiger partial charge in [-0.1, -0.05) is 0 Å². The van der Waals surface area contributed by atoms with Crippen molar-refractivity contribution in [3.63, 3.8) is 0 Å². The smallest absolute Gasteiger partial charge is 0.130 e. The average Bonchev–Trinajstić information content (AvgIpc) is 2.38. The number of aromatic nitrogens is 3. The normalized spacial score (nSPS) is 9.71. The van der Waals surface area contributed by atoms with Crippen LogP contribution in [0.2, 0.25) is 0 Å². The summed E-state index contributed by atoms with van der Waals surface area (Å²) in [7, 11) is 1.80. The minimum absolute atomic E-state index is 0.518. The monoisotopic (exact) mass is 225 g/mol. The van der Waals surface area contributed by atoms with Crippen LogP contribution in [0.5, 0.6) is 0 Å². The lowest BCUT2D eigenvalue weighted by molar-refractivity contribution is 1.05. The number of nitriles is 1. The zero-order valence-electron chi connectivity index (χ0n) is 9.60. The molecule has 2 heterocycles. The Morgan fingerprint density at radius 3 is 2.76 bits per heavy atom. The molecule has 2 aromatic heterocycles. The first-order valence-electron chi connectivity index (χ1n) is 5.12. The van der Waals surface area contributed by atoms with E-state index < -0.39 is 0 Å². The topological polar surface area (TPSA) is 74.5 Å². The Hall–Kier alpha value is -2.48. The first-order chi connectivity index (χ1) is 8.22. The predicted octanol–water partition coefficient (Wildman–Crippen LogP) is 1.76. The molecular formula is C12H11N5. The molecule has 0 aromatic carbocycles. The third kappa shape index (κ3) is 2.37. The summed E-state index contributed by atoms with van der Waals surface area (Å²) in [4.78, 5) is 12.6. The van der Waals surface area contributed by atoms with Crippen molar-refractivity contribution in [3.8, 4) is 17.3 Å². The molecule has 0 amide bonds. The Kier molecular flexibility index (Phi) is 2.97. The van der Waals surface area contributed by atoms with Gasteiger partial charge in [0.1, 0.15) is 17.7 Å². The van der Waals surface area contributed by atoms with Gasteiger partial charge in [-0.05, 0) is 13.0 Å². The molecule has 0 spiro atoms. The molecule has 2 rings (SSSR count). The average molecular weight is 225 g/mol. The van der Waals surface area contributed by atoms with Gasteiger partial charge in [0.2, 0.25) is 0 Å². The second kappa shape index (κ2) is 4.58. The van der Waals surface area contributed by atoms with Crippen LogP contribution in [0.15, 0.2) is 24.5 Å². The van der Waals surface area contributed by atoms with Gasteiger partial charge in [0.15, 0.2) is 0 Å². The van der Waals surface area contributed by atoms with E-state index >= 15 is 0 Å². The molecule has 2 aromatic rings. The number of rotatable bonds is 2. The fraction of sp³-hybridized carbons (Fsp3) is 0.167. The number of aryl methyl sites for hydroxylation is 1. The van der Waals surface area contributed by atoms with Crippen LogP contribution in [0.1, 0.15) is 11.4 Å². The van der Waals surface area contributed by atoms with Gasteiger partial charge in [0.25, 0.3) is 0 Å². The molecule has 84 valence electrons. The third-order valence-electron chi connectivity index (χ3n) is 2.26. The molecule has 0 aliphatic heterocycles. The Balaban J connectivity index is 2.52. The molecule has 0 bridgehead atoms. The molecule has 0 aliphatic rings. The lowest BCUT2D eigenvalue weighted by Crippen LogP contribution is -1.98. The summed E-state index contributed by atoms with van der Waals surface area (Å²) < 4.78 is 0. The Morgan fingerprint density at radius 1 is 1.24 bits per heavy atom. The summed E-state index contributed by atoms with van der Waals surface area (Å²) in [5.41, 5.74) is 2.09. The van der Waals surface area contributed by atoms with E-state index in [1.54, 1.807) is 19.3 Å². The van der Waals surface area contributed by atoms with Crippen LogP contribution in [0, 0.1) is 18.3 Å². The molecule has 5 heteroatoms. The zero-order valence-corrected chi connectivity index (χ0v) is 9.60. The fourth-order valence-electron chi connectivity index (χ4n) is 1.48. The van der Waals surface area contributed by atoms with Crippen molar-refractivity contribution in [2.45, 2.75) is 6.92 Å². The van der Waals surface area contributed by atoms with E-state index in [9.17, 15) is 0 Å². The summed E-state index contributed by atoms with van der Waals surface area (Å²) >= 11 is 0. The van der Waals surface area contributed by atoms with E-state index in [-0.39, 0.29) is 0 Å². The third-order valence-corrected chi connectivity index (χ3v) is 2.26. The summed E-state index contributed by atoms with van der Waals surface area (Å²) in [6, 6.07) is 5.64. The fourth-order valence-corrected chi connectivity index (χ4v) is 1.48. The maximum absolute atomic E-state index is 8.83. The van der Waals surface area contributed by atoms with Gasteiger partial charge in [-0.15, -0.1) is 0 Å². The molecule has 0 fully saturated rings. The van der Waals surface area contributed by atoms with Gasteiger partial charge in [0, 0.05) is 31.1 Å². The van der Waals surface area contributed by atoms with E-state index in [2.05, 4.69) is 26.3 Å². The SMILES string of the molecule is CNc1cc(-c2cncc(C#N)c2)nc(C)n1. The van der Waals surface area contributed by atoms with Crippen LogP contribution >= 0.6 is 0 Å². The number of nitrogens with one attached hydrogen (secondary N) is 1. The van der Waals surface area contributed by atoms with Crippen molar-refractivity contribution in [2.75, 3.05) is 12.4 Å². The van der Waals surface area contributed by atoms with Gasteiger partial charge < -0.3 is 5.32 Å². The minimum Gasteiger partial charge on any atom is -0.373 e. The van der Waals surface area contributed by atoms with Crippen LogP contribution in [-0.4, -0.2) is 22.0 Å². The van der Waals surface area contributed by atoms with Crippen LogP contribution in [0.4, 0.5) is 5.82 Å². The lowest BCUT2D eigenvalue weighted by atomic mass is 10.1. The van der Waals surface area contributed by atoms with Crippen LogP contribution in [-0.2, 0) is 0 Å². The molecule has 17 heavy (non-hydrogen) atoms. The minimum atomic E-state index is 0.518. The maximum atomic E-state index is 8.83. The standard InChI is InChI=1S/C12H11N5/c1-8-16-11(4-12(14-2)17-8)10-3-9(5-13)6-15-7-10/h3-4,6-7H,1-2H3,(H,14,16,17). The van der Waals surface area contributed by atoms with E-state index in [0.717, 1.165) is 17.1 Å². The highest BCUT2D eigenvalue weighted by Gasteiger charge is 2.04.